The fourth-order valence-corrected chi connectivity index (χ4v) is 3.63. The Morgan fingerprint density at radius 3 is 2.53 bits per heavy atom. The maximum absolute atomic E-state index is 12.8. The van der Waals surface area contributed by atoms with E-state index in [1.54, 1.807) is 23.9 Å². The molecular weight excluding hydrogens is 440 g/mol. The van der Waals surface area contributed by atoms with E-state index in [4.69, 9.17) is 14.2 Å². The number of methoxy groups -OCH3 is 3. The Kier molecular flexibility index (Phi) is 8.44. The molecule has 3 N–H and O–H groups in total. The Morgan fingerprint density at radius 1 is 1.18 bits per heavy atom. The highest BCUT2D eigenvalue weighted by Gasteiger charge is 2.26. The summed E-state index contributed by atoms with van der Waals surface area (Å²) in [4.78, 5) is 29.8. The lowest BCUT2D eigenvalue weighted by atomic mass is 10.1. The van der Waals surface area contributed by atoms with Crippen molar-refractivity contribution < 1.29 is 28.9 Å². The summed E-state index contributed by atoms with van der Waals surface area (Å²) in [6.07, 6.45) is 2.23. The number of benzene rings is 1. The number of aliphatic hydroxyl groups excluding tert-OH is 1. The minimum absolute atomic E-state index is 0.0637. The van der Waals surface area contributed by atoms with E-state index in [-0.39, 0.29) is 24.9 Å². The zero-order valence-electron chi connectivity index (χ0n) is 19.8. The monoisotopic (exact) mass is 470 g/mol. The Balaban J connectivity index is 2.09. The maximum Gasteiger partial charge on any atom is 0.356 e. The van der Waals surface area contributed by atoms with E-state index in [1.807, 2.05) is 31.2 Å². The third kappa shape index (κ3) is 5.64. The topological polar surface area (TPSA) is 124 Å². The molecule has 182 valence electrons. The molecule has 1 amide bonds. The number of hydrogen-bond acceptors (Lipinski definition) is 8. The standard InChI is InChI=1S/C24H30N4O6/c1-15(13-29)26-17-11-19-21(27-20(30)14-32-2)22(24(31)34-4)28(23(19)25-12-17)10-9-16-5-7-18(33-3)8-6-16/h5-8,11-12,15,26,29H,9-10,13-14H2,1-4H3,(H,27,30). The van der Waals surface area contributed by atoms with Crippen LogP contribution in [-0.2, 0) is 27.2 Å². The van der Waals surface area contributed by atoms with Gasteiger partial charge in [-0.2, -0.15) is 0 Å². The summed E-state index contributed by atoms with van der Waals surface area (Å²) >= 11 is 0. The molecular formula is C24H30N4O6. The molecule has 3 rings (SSSR count). The predicted molar refractivity (Wildman–Crippen MR) is 128 cm³/mol. The molecule has 10 heteroatoms. The van der Waals surface area contributed by atoms with Crippen molar-refractivity contribution in [1.29, 1.82) is 0 Å². The van der Waals surface area contributed by atoms with Crippen LogP contribution in [0.2, 0.25) is 0 Å². The number of carbonyl (C=O) groups excluding carboxylic acids is 2. The predicted octanol–water partition coefficient (Wildman–Crippen LogP) is 2.45. The maximum atomic E-state index is 12.8. The lowest BCUT2D eigenvalue weighted by Crippen LogP contribution is -2.20. The van der Waals surface area contributed by atoms with Crippen LogP contribution in [0.4, 0.5) is 11.4 Å². The first-order valence-corrected chi connectivity index (χ1v) is 10.8. The molecule has 34 heavy (non-hydrogen) atoms. The molecule has 10 nitrogen and oxygen atoms in total. The van der Waals surface area contributed by atoms with Gasteiger partial charge in [-0.3, -0.25) is 4.79 Å². The summed E-state index contributed by atoms with van der Waals surface area (Å²) in [6, 6.07) is 9.24. The number of ether oxygens (including phenoxy) is 3. The van der Waals surface area contributed by atoms with Crippen LogP contribution in [0, 0.1) is 0 Å². The number of fused-ring (bicyclic) bond motifs is 1. The van der Waals surface area contributed by atoms with Gasteiger partial charge >= 0.3 is 5.97 Å². The van der Waals surface area contributed by atoms with Gasteiger partial charge in [-0.15, -0.1) is 0 Å². The molecule has 1 unspecified atom stereocenters. The van der Waals surface area contributed by atoms with Gasteiger partial charge in [0.15, 0.2) is 5.69 Å². The van der Waals surface area contributed by atoms with Crippen LogP contribution in [0.1, 0.15) is 23.0 Å². The van der Waals surface area contributed by atoms with Gasteiger partial charge in [0.05, 0.1) is 38.4 Å². The first kappa shape index (κ1) is 25.0. The van der Waals surface area contributed by atoms with Crippen molar-refractivity contribution in [2.24, 2.45) is 0 Å². The first-order valence-electron chi connectivity index (χ1n) is 10.8. The molecule has 2 heterocycles. The summed E-state index contributed by atoms with van der Waals surface area (Å²) in [5.41, 5.74) is 2.68. The fraction of sp³-hybridized carbons (Fsp3) is 0.375. The lowest BCUT2D eigenvalue weighted by molar-refractivity contribution is -0.119. The highest BCUT2D eigenvalue weighted by Crippen LogP contribution is 2.33. The van der Waals surface area contributed by atoms with E-state index < -0.39 is 11.9 Å². The molecule has 3 aromatic rings. The zero-order valence-corrected chi connectivity index (χ0v) is 19.8. The molecule has 1 aromatic carbocycles. The molecule has 2 aromatic heterocycles. The van der Waals surface area contributed by atoms with Crippen molar-refractivity contribution >= 4 is 34.3 Å². The van der Waals surface area contributed by atoms with Crippen molar-refractivity contribution in [1.82, 2.24) is 9.55 Å². The normalized spacial score (nSPS) is 11.8. The van der Waals surface area contributed by atoms with E-state index in [1.165, 1.54) is 14.2 Å². The summed E-state index contributed by atoms with van der Waals surface area (Å²) < 4.78 is 16.9. The minimum Gasteiger partial charge on any atom is -0.497 e. The molecule has 0 saturated heterocycles. The van der Waals surface area contributed by atoms with Crippen LogP contribution in [0.25, 0.3) is 11.0 Å². The molecule has 0 radical (unpaired) electrons. The van der Waals surface area contributed by atoms with E-state index in [0.29, 0.717) is 35.4 Å². The summed E-state index contributed by atoms with van der Waals surface area (Å²) in [7, 11) is 4.32. The largest absolute Gasteiger partial charge is 0.497 e. The van der Waals surface area contributed by atoms with Crippen LogP contribution >= 0.6 is 0 Å². The molecule has 0 spiro atoms. The number of aliphatic hydroxyl groups is 1. The SMILES string of the molecule is COCC(=O)Nc1c(C(=O)OC)n(CCc2ccc(OC)cc2)c2ncc(NC(C)CO)cc12. The molecule has 0 aliphatic heterocycles. The number of esters is 1. The van der Waals surface area contributed by atoms with E-state index in [9.17, 15) is 14.7 Å². The van der Waals surface area contributed by atoms with Gasteiger partial charge in [-0.25, -0.2) is 9.78 Å². The number of rotatable bonds is 11. The number of hydrogen-bond donors (Lipinski definition) is 3. The van der Waals surface area contributed by atoms with Crippen molar-refractivity contribution in [2.45, 2.75) is 25.9 Å². The van der Waals surface area contributed by atoms with Crippen molar-refractivity contribution in [3.63, 3.8) is 0 Å². The van der Waals surface area contributed by atoms with Gasteiger partial charge < -0.3 is 34.5 Å². The molecule has 0 bridgehead atoms. The van der Waals surface area contributed by atoms with Crippen LogP contribution in [0.3, 0.4) is 0 Å². The van der Waals surface area contributed by atoms with E-state index >= 15 is 0 Å². The van der Waals surface area contributed by atoms with Gasteiger partial charge in [0.2, 0.25) is 5.91 Å². The molecule has 1 atom stereocenters. The molecule has 0 fully saturated rings. The number of anilines is 2. The Labute approximate surface area is 197 Å². The molecule has 0 saturated carbocycles. The summed E-state index contributed by atoms with van der Waals surface area (Å²) in [5.74, 6) is -0.255. The third-order valence-corrected chi connectivity index (χ3v) is 5.29. The van der Waals surface area contributed by atoms with Crippen molar-refractivity contribution in [2.75, 3.05) is 45.2 Å². The average Bonchev–Trinajstić information content (AvgIpc) is 3.14. The van der Waals surface area contributed by atoms with Crippen LogP contribution in [-0.4, -0.2) is 67.1 Å². The molecule has 0 aliphatic rings. The number of aromatic nitrogens is 2. The minimum atomic E-state index is -0.598. The third-order valence-electron chi connectivity index (χ3n) is 5.29. The highest BCUT2D eigenvalue weighted by molar-refractivity contribution is 6.11. The quantitative estimate of drug-likeness (QED) is 0.365. The lowest BCUT2D eigenvalue weighted by Gasteiger charge is -2.12. The number of nitrogens with one attached hydrogen (secondary N) is 2. The van der Waals surface area contributed by atoms with Crippen molar-refractivity contribution in [3.8, 4) is 5.75 Å². The van der Waals surface area contributed by atoms with Gasteiger partial charge in [0.25, 0.3) is 0 Å². The Bertz CT molecular complexity index is 1140. The Hall–Kier alpha value is -3.63. The van der Waals surface area contributed by atoms with Crippen LogP contribution < -0.4 is 15.4 Å². The van der Waals surface area contributed by atoms with Gasteiger partial charge in [-0.05, 0) is 37.1 Å². The second-order valence-electron chi connectivity index (χ2n) is 7.77. The fourth-order valence-electron chi connectivity index (χ4n) is 3.63. The number of aryl methyl sites for hydroxylation is 2. The smallest absolute Gasteiger partial charge is 0.356 e. The highest BCUT2D eigenvalue weighted by atomic mass is 16.5. The zero-order chi connectivity index (χ0) is 24.7. The van der Waals surface area contributed by atoms with Crippen LogP contribution in [0.15, 0.2) is 36.5 Å². The van der Waals surface area contributed by atoms with E-state index in [0.717, 1.165) is 11.3 Å². The van der Waals surface area contributed by atoms with Crippen molar-refractivity contribution in [3.05, 3.63) is 47.8 Å². The molecule has 0 aliphatic carbocycles. The second-order valence-corrected chi connectivity index (χ2v) is 7.77. The van der Waals surface area contributed by atoms with Crippen LogP contribution in [0.5, 0.6) is 5.75 Å². The average molecular weight is 471 g/mol. The summed E-state index contributed by atoms with van der Waals surface area (Å²) in [6.45, 7) is 2.00. The van der Waals surface area contributed by atoms with Gasteiger partial charge in [0.1, 0.15) is 18.0 Å². The van der Waals surface area contributed by atoms with E-state index in [2.05, 4.69) is 15.6 Å². The number of amides is 1. The first-order chi connectivity index (χ1) is 16.4. The Morgan fingerprint density at radius 2 is 1.91 bits per heavy atom. The number of nitrogens with zero attached hydrogens (tertiary/aromatic N) is 2. The summed E-state index contributed by atoms with van der Waals surface area (Å²) in [5, 5.41) is 15.9. The second kappa shape index (κ2) is 11.5. The van der Waals surface area contributed by atoms with Gasteiger partial charge in [-0.1, -0.05) is 12.1 Å². The number of pyridine rings is 1. The number of carbonyl (C=O) groups is 2. The van der Waals surface area contributed by atoms with Gasteiger partial charge in [0, 0.05) is 25.1 Å².